The van der Waals surface area contributed by atoms with Crippen molar-refractivity contribution >= 4 is 117 Å². The van der Waals surface area contributed by atoms with E-state index in [1.807, 2.05) is 37.1 Å². The van der Waals surface area contributed by atoms with Gasteiger partial charge >= 0.3 is 10.2 Å². The van der Waals surface area contributed by atoms with Gasteiger partial charge in [-0.2, -0.15) is 22.4 Å². The number of anilines is 9. The molecule has 2 aromatic carbocycles. The van der Waals surface area contributed by atoms with E-state index in [9.17, 15) is 76.0 Å². The number of alkyl halides is 2. The quantitative estimate of drug-likeness (QED) is 0.0115. The normalized spacial score (nSPS) is 14.2. The van der Waals surface area contributed by atoms with Crippen LogP contribution in [0.1, 0.15) is 99.2 Å². The molecule has 0 radical (unpaired) electrons. The Morgan fingerprint density at radius 1 is 0.530 bits per heavy atom. The molecule has 15 aromatic rings. The zero-order chi connectivity index (χ0) is 107. The van der Waals surface area contributed by atoms with Gasteiger partial charge < -0.3 is 46.3 Å². The highest BCUT2D eigenvalue weighted by Gasteiger charge is 2.60. The first-order valence-electron chi connectivity index (χ1n) is 45.3. The van der Waals surface area contributed by atoms with Gasteiger partial charge in [0.15, 0.2) is 25.2 Å². The maximum atomic E-state index is 14.2. The average molecular weight is 2110 g/mol. The Bertz CT molecular complexity index is 8060. The van der Waals surface area contributed by atoms with Crippen molar-refractivity contribution in [1.82, 2.24) is 93.6 Å². The van der Waals surface area contributed by atoms with Crippen LogP contribution in [0.3, 0.4) is 0 Å². The predicted octanol–water partition coefficient (Wildman–Crippen LogP) is 16.4. The molecule has 770 valence electrons. The molecule has 48 heteroatoms. The number of amides is 4. The van der Waals surface area contributed by atoms with Crippen molar-refractivity contribution in [3.8, 4) is 61.5 Å². The van der Waals surface area contributed by atoms with Crippen molar-refractivity contribution < 1.29 is 80.7 Å². The van der Waals surface area contributed by atoms with Crippen LogP contribution in [0.5, 0.6) is 5.88 Å². The Hall–Kier alpha value is -16.7. The Labute approximate surface area is 856 Å². The molecule has 4 aliphatic rings. The molecule has 3 saturated carbocycles. The van der Waals surface area contributed by atoms with Gasteiger partial charge in [-0.15, -0.1) is 0 Å². The van der Waals surface area contributed by atoms with Crippen LogP contribution < -0.4 is 41.5 Å². The zero-order valence-corrected chi connectivity index (χ0v) is 85.3. The van der Waals surface area contributed by atoms with E-state index in [4.69, 9.17) is 16.3 Å². The molecule has 1 aliphatic heterocycles. The number of ether oxygens (including phenoxy) is 1. The molecule has 2 bridgehead atoms. The Morgan fingerprint density at radius 2 is 1.05 bits per heavy atom. The molecule has 4 amide bonds. The first-order valence-corrected chi connectivity index (χ1v) is 50.4. The molecule has 4 fully saturated rings. The molecule has 0 unspecified atom stereocenters. The second kappa shape index (κ2) is 46.0. The third-order valence-corrected chi connectivity index (χ3v) is 28.7. The first-order chi connectivity index (χ1) is 70.7. The fourth-order valence-corrected chi connectivity index (χ4v) is 19.8. The number of halogens is 7. The van der Waals surface area contributed by atoms with E-state index < -0.39 is 105 Å². The third kappa shape index (κ3) is 27.0. The van der Waals surface area contributed by atoms with E-state index in [-0.39, 0.29) is 45.1 Å². The van der Waals surface area contributed by atoms with Gasteiger partial charge in [-0.25, -0.2) is 108 Å². The van der Waals surface area contributed by atoms with Crippen molar-refractivity contribution in [1.29, 1.82) is 0 Å². The SMILES string of the molecule is CC(=O)N=c1cc(-c2cnc(C)c(CS(=O)(=O)c3ccc(F)cc3F)c2)ccn1O.CNc1ncc(-c2ccnc(Nc3ccncn3)c2)cc1C(=O)N(C)C12CC(C1)C2.COc1ncc(-c2ccnc(NC(C)=O)c2)cc1NS(=O)(=O)N(C)C.Cc1cc(Nc2cc(-c3cnc(Cl)c(CS(=O)(=O)c4ccc(F)cc4F)c3C)ccn2)nc(C)n1.Cc1nccc(Nc2cc(-c3cnc(C)c(C(=O)N4CC(F)(F)C4)c3)ccn2)n1. The van der Waals surface area contributed by atoms with Crippen LogP contribution in [-0.2, 0) is 51.0 Å². The number of sulfone groups is 2. The summed E-state index contributed by atoms with van der Waals surface area (Å²) >= 11 is 6.25. The number of nitrogens with one attached hydrogen (secondary N) is 6. The molecule has 14 heterocycles. The fourth-order valence-electron chi connectivity index (χ4n) is 15.8. The molecule has 149 heavy (non-hydrogen) atoms. The lowest BCUT2D eigenvalue weighted by Gasteiger charge is -2.65. The number of nitrogens with zero attached hydrogens (tertiary/aromatic N) is 20. The summed E-state index contributed by atoms with van der Waals surface area (Å²) in [6, 6.07) is 33.9. The van der Waals surface area contributed by atoms with Gasteiger partial charge in [0.1, 0.15) is 108 Å². The summed E-state index contributed by atoms with van der Waals surface area (Å²) in [6.07, 6.45) is 23.9. The number of aromatic nitrogens is 16. The minimum Gasteiger partial charge on any atom is -0.479 e. The van der Waals surface area contributed by atoms with E-state index in [0.29, 0.717) is 148 Å². The highest BCUT2D eigenvalue weighted by Crippen LogP contribution is 2.60. The number of rotatable bonds is 26. The van der Waals surface area contributed by atoms with Gasteiger partial charge in [0, 0.05) is 185 Å². The van der Waals surface area contributed by atoms with Gasteiger partial charge in [-0.3, -0.25) is 33.9 Å². The monoisotopic (exact) mass is 2110 g/mol. The lowest BCUT2D eigenvalue weighted by atomic mass is 9.49. The highest BCUT2D eigenvalue weighted by atomic mass is 35.5. The smallest absolute Gasteiger partial charge is 0.301 e. The van der Waals surface area contributed by atoms with E-state index in [0.717, 1.165) is 81.0 Å². The van der Waals surface area contributed by atoms with Crippen molar-refractivity contribution in [2.45, 2.75) is 107 Å². The minimum atomic E-state index is -4.17. The average Bonchev–Trinajstić information content (AvgIpc) is 0.704. The van der Waals surface area contributed by atoms with Crippen molar-refractivity contribution in [2.24, 2.45) is 10.9 Å². The summed E-state index contributed by atoms with van der Waals surface area (Å²) in [4.78, 5) is 117. The molecular weight excluding hydrogens is 2010 g/mol. The van der Waals surface area contributed by atoms with Gasteiger partial charge in [-0.05, 0) is 227 Å². The second-order valence-electron chi connectivity index (χ2n) is 34.7. The Morgan fingerprint density at radius 3 is 1.60 bits per heavy atom. The number of pyridine rings is 10. The lowest BCUT2D eigenvalue weighted by Crippen LogP contribution is -2.68. The van der Waals surface area contributed by atoms with Crippen molar-refractivity contribution in [2.75, 3.05) is 79.7 Å². The second-order valence-corrected chi connectivity index (χ2v) is 40.9. The van der Waals surface area contributed by atoms with Crippen LogP contribution in [-0.4, -0.2) is 208 Å². The first kappa shape index (κ1) is 108. The Balaban J connectivity index is 0.000000147. The number of carbonyl (C=O) groups is 4. The van der Waals surface area contributed by atoms with E-state index in [2.05, 4.69) is 111 Å². The Kier molecular flexibility index (Phi) is 33.3. The van der Waals surface area contributed by atoms with Crippen LogP contribution in [0, 0.1) is 70.7 Å². The predicted molar refractivity (Wildman–Crippen MR) is 544 cm³/mol. The van der Waals surface area contributed by atoms with E-state index >= 15 is 0 Å². The summed E-state index contributed by atoms with van der Waals surface area (Å²) in [5.74, 6) is -2.42. The number of hydrogen-bond acceptors (Lipinski definition) is 31. The van der Waals surface area contributed by atoms with E-state index in [1.54, 1.807) is 164 Å². The minimum absolute atomic E-state index is 0.0110. The molecule has 7 N–H and O–H groups in total. The van der Waals surface area contributed by atoms with Gasteiger partial charge in [0.25, 0.3) is 17.7 Å². The molecule has 19 rings (SSSR count). The number of benzene rings is 2. The van der Waals surface area contributed by atoms with Crippen molar-refractivity contribution in [3.63, 3.8) is 0 Å². The molecule has 3 aliphatic carbocycles. The summed E-state index contributed by atoms with van der Waals surface area (Å²) < 4.78 is 165. The molecule has 1 saturated heterocycles. The maximum Gasteiger partial charge on any atom is 0.301 e. The number of aryl methyl sites for hydroxylation is 5. The number of methoxy groups -OCH3 is 1. The van der Waals surface area contributed by atoms with Crippen LogP contribution in [0.2, 0.25) is 5.15 Å². The van der Waals surface area contributed by atoms with Crippen LogP contribution >= 0.6 is 11.6 Å². The van der Waals surface area contributed by atoms with Crippen LogP contribution in [0.4, 0.5) is 78.6 Å². The summed E-state index contributed by atoms with van der Waals surface area (Å²) in [7, 11) is -4.05. The molecule has 38 nitrogen and oxygen atoms in total. The van der Waals surface area contributed by atoms with Crippen LogP contribution in [0.15, 0.2) is 235 Å². The lowest BCUT2D eigenvalue weighted by molar-refractivity contribution is -0.116. The summed E-state index contributed by atoms with van der Waals surface area (Å²) in [5, 5.41) is 24.8. The summed E-state index contributed by atoms with van der Waals surface area (Å²) in [6.45, 7) is 11.9. The van der Waals surface area contributed by atoms with Crippen LogP contribution in [0.25, 0.3) is 55.6 Å². The number of hydrogen-bond donors (Lipinski definition) is 7. The highest BCUT2D eigenvalue weighted by molar-refractivity contribution is 7.91. The summed E-state index contributed by atoms with van der Waals surface area (Å²) in [5.41, 5.74) is 10.9. The molecular formula is C101H97ClF6N26O12S3. The topological polar surface area (TPSA) is 493 Å². The van der Waals surface area contributed by atoms with Gasteiger partial charge in [0.2, 0.25) is 17.7 Å². The zero-order valence-electron chi connectivity index (χ0n) is 82.1. The standard InChI is InChI=1S/C24H20ClF2N5O2S.C22H23N7O.C20H18F2N6O.C20H17F2N3O4S.C15H19N5O4S/c1-13-8-23(31-15(3)30-13)32-22-9-16(6-7-28-22)18-11-29-24(25)19(14(18)2)12-35(33,34)21-5-4-17(26)10-20(21)27;1-23-20-17(21(30)29(2)22-9-14(10-22)11-22)7-16(12-26-20)15-3-6-25-19(8-15)28-18-4-5-24-13-27-18;1-12-16(19(29)28-10-20(21,22)11-28)7-15(9-25-12)14-3-5-24-18(8-14)27-17-4-6-23-13(2)26-17;1-12-16(11-30(28,29)19-4-3-17(21)9-18(19)22)7-15(10-23-12)14-5-6-25(27)20(8-14)24-13(2)26;1-10(21)18-14-8-11(5-6-16-14)12-7-13(15(24-4)17-9-12)19-25(22,23)20(2)3/h4-11H,12H2,1-3H3,(H,28,30,31,32);3-8,12-14H,9-11H2,1-2H3,(H,23,26)(H,24,25,27,28);3-9H,10-11H2,1-2H3,(H,23,24,26,27);3-10,27H,11H2,1-2H3;5-9,19H,1-4H3,(H,16,18,21). The van der Waals surface area contributed by atoms with Crippen molar-refractivity contribution in [3.05, 3.63) is 311 Å². The fraction of sp³-hybridized carbons (Fsp3) is 0.228. The molecule has 13 aromatic heterocycles. The van der Waals surface area contributed by atoms with Gasteiger partial charge in [0.05, 0.1) is 48.5 Å². The maximum absolute atomic E-state index is 14.2. The molecule has 0 atom stereocenters. The number of likely N-dealkylation sites (tertiary alicyclic amines) is 1. The largest absolute Gasteiger partial charge is 0.479 e. The van der Waals surface area contributed by atoms with E-state index in [1.165, 1.54) is 78.3 Å². The third-order valence-electron chi connectivity index (χ3n) is 23.6. The molecule has 0 spiro atoms. The van der Waals surface area contributed by atoms with Gasteiger partial charge in [-0.1, -0.05) is 11.6 Å². The number of carbonyl (C=O) groups excluding carboxylic acids is 4.